The highest BCUT2D eigenvalue weighted by atomic mass is 32.1. The molecule has 30 heavy (non-hydrogen) atoms. The van der Waals surface area contributed by atoms with Crippen LogP contribution in [0.3, 0.4) is 0 Å². The Balaban J connectivity index is 2.07. The van der Waals surface area contributed by atoms with Crippen LogP contribution in [0.4, 0.5) is 0 Å². The molecule has 0 saturated carbocycles. The maximum absolute atomic E-state index is 13.4. The van der Waals surface area contributed by atoms with Gasteiger partial charge in [-0.25, -0.2) is 4.98 Å². The van der Waals surface area contributed by atoms with E-state index in [0.29, 0.717) is 29.5 Å². The maximum Gasteiger partial charge on any atom is 0.290 e. The molecule has 0 radical (unpaired) electrons. The van der Waals surface area contributed by atoms with E-state index >= 15 is 0 Å². The molecular formula is C23H28N2O4S. The van der Waals surface area contributed by atoms with Crippen molar-refractivity contribution < 1.29 is 19.4 Å². The molecule has 1 aromatic carbocycles. The predicted molar refractivity (Wildman–Crippen MR) is 117 cm³/mol. The van der Waals surface area contributed by atoms with E-state index in [-0.39, 0.29) is 11.4 Å². The summed E-state index contributed by atoms with van der Waals surface area (Å²) < 4.78 is 5.62. The number of hydrogen-bond donors (Lipinski definition) is 1. The zero-order valence-electron chi connectivity index (χ0n) is 17.9. The summed E-state index contributed by atoms with van der Waals surface area (Å²) in [5.41, 5.74) is 1.48. The van der Waals surface area contributed by atoms with E-state index in [0.717, 1.165) is 29.8 Å². The first-order chi connectivity index (χ1) is 14.4. The average molecular weight is 429 g/mol. The molecule has 1 atom stereocenters. The summed E-state index contributed by atoms with van der Waals surface area (Å²) in [5, 5.41) is 11.5. The Labute approximate surface area is 181 Å². The molecule has 0 aliphatic carbocycles. The van der Waals surface area contributed by atoms with Gasteiger partial charge in [0.1, 0.15) is 5.75 Å². The molecule has 6 nitrogen and oxygen atoms in total. The van der Waals surface area contributed by atoms with E-state index in [1.54, 1.807) is 11.8 Å². The van der Waals surface area contributed by atoms with Gasteiger partial charge in [0.2, 0.25) is 5.78 Å². The van der Waals surface area contributed by atoms with Crippen molar-refractivity contribution in [3.8, 4) is 5.75 Å². The van der Waals surface area contributed by atoms with Gasteiger partial charge in [-0.1, -0.05) is 31.9 Å². The van der Waals surface area contributed by atoms with Crippen molar-refractivity contribution in [3.63, 3.8) is 0 Å². The highest BCUT2D eigenvalue weighted by molar-refractivity contribution is 7.14. The number of Topliss-reactive ketones (excluding diaryl/α,β-unsaturated/α-hetero) is 1. The first-order valence-electron chi connectivity index (χ1n) is 10.3. The molecule has 0 spiro atoms. The fourth-order valence-electron chi connectivity index (χ4n) is 3.80. The van der Waals surface area contributed by atoms with E-state index in [1.165, 1.54) is 11.3 Å². The standard InChI is InChI=1S/C23H28N2O4S/c1-5-7-8-12-25-19(16-10-9-11-17(13-16)29-6-2)18(21(27)23(25)28)20(26)22-14(3)24-15(4)30-22/h9-11,13,19,27H,5-8,12H2,1-4H3. The van der Waals surface area contributed by atoms with Gasteiger partial charge in [0, 0.05) is 6.54 Å². The first-order valence-corrected chi connectivity index (χ1v) is 11.2. The number of nitrogens with zero attached hydrogens (tertiary/aromatic N) is 2. The molecular weight excluding hydrogens is 400 g/mol. The summed E-state index contributed by atoms with van der Waals surface area (Å²) in [4.78, 5) is 32.8. The van der Waals surface area contributed by atoms with Gasteiger partial charge in [0.05, 0.1) is 33.8 Å². The van der Waals surface area contributed by atoms with Crippen LogP contribution < -0.4 is 4.74 Å². The van der Waals surface area contributed by atoms with Crippen molar-refractivity contribution in [1.82, 2.24) is 9.88 Å². The number of benzene rings is 1. The van der Waals surface area contributed by atoms with Crippen LogP contribution >= 0.6 is 11.3 Å². The molecule has 2 heterocycles. The minimum absolute atomic E-state index is 0.122. The first kappa shape index (κ1) is 22.0. The number of ketones is 1. The molecule has 0 saturated heterocycles. The summed E-state index contributed by atoms with van der Waals surface area (Å²) in [6.45, 7) is 8.58. The molecule has 1 aliphatic heterocycles. The second-order valence-electron chi connectivity index (χ2n) is 7.35. The largest absolute Gasteiger partial charge is 0.503 e. The molecule has 1 unspecified atom stereocenters. The molecule has 7 heteroatoms. The Kier molecular flexibility index (Phi) is 6.92. The highest BCUT2D eigenvalue weighted by Gasteiger charge is 2.44. The summed E-state index contributed by atoms with van der Waals surface area (Å²) >= 11 is 1.28. The molecule has 1 N–H and O–H groups in total. The van der Waals surface area contributed by atoms with E-state index in [4.69, 9.17) is 4.74 Å². The number of hydrogen-bond acceptors (Lipinski definition) is 6. The number of carbonyl (C=O) groups is 2. The number of aliphatic hydroxyl groups is 1. The van der Waals surface area contributed by atoms with Crippen molar-refractivity contribution >= 4 is 23.0 Å². The molecule has 3 rings (SSSR count). The summed E-state index contributed by atoms with van der Waals surface area (Å²) in [6.07, 6.45) is 2.78. The third-order valence-corrected chi connectivity index (χ3v) is 6.22. The summed E-state index contributed by atoms with van der Waals surface area (Å²) in [7, 11) is 0. The van der Waals surface area contributed by atoms with E-state index in [1.807, 2.05) is 38.1 Å². The SMILES string of the molecule is CCCCCN1C(=O)C(O)=C(C(=O)c2sc(C)nc2C)C1c1cccc(OCC)c1. The average Bonchev–Trinajstić information content (AvgIpc) is 3.18. The van der Waals surface area contributed by atoms with Crippen LogP contribution in [0.15, 0.2) is 35.6 Å². The summed E-state index contributed by atoms with van der Waals surface area (Å²) in [6, 6.07) is 6.74. The van der Waals surface area contributed by atoms with Crippen LogP contribution in [-0.4, -0.2) is 39.8 Å². The van der Waals surface area contributed by atoms with Gasteiger partial charge in [0.25, 0.3) is 5.91 Å². The van der Waals surface area contributed by atoms with Gasteiger partial charge in [0.15, 0.2) is 5.76 Å². The zero-order chi connectivity index (χ0) is 21.8. The lowest BCUT2D eigenvalue weighted by molar-refractivity contribution is -0.129. The molecule has 0 fully saturated rings. The number of ether oxygens (including phenoxy) is 1. The maximum atomic E-state index is 13.4. The lowest BCUT2D eigenvalue weighted by Gasteiger charge is -2.27. The fourth-order valence-corrected chi connectivity index (χ4v) is 4.67. The lowest BCUT2D eigenvalue weighted by atomic mass is 9.94. The molecule has 0 bridgehead atoms. The van der Waals surface area contributed by atoms with Crippen LogP contribution in [-0.2, 0) is 4.79 Å². The van der Waals surface area contributed by atoms with Crippen LogP contribution in [0.1, 0.15) is 65.1 Å². The number of carbonyl (C=O) groups excluding carboxylic acids is 2. The topological polar surface area (TPSA) is 79.7 Å². The van der Waals surface area contributed by atoms with E-state index in [9.17, 15) is 14.7 Å². The summed E-state index contributed by atoms with van der Waals surface area (Å²) in [5.74, 6) is -0.637. The van der Waals surface area contributed by atoms with E-state index in [2.05, 4.69) is 11.9 Å². The van der Waals surface area contributed by atoms with Gasteiger partial charge in [-0.3, -0.25) is 9.59 Å². The van der Waals surface area contributed by atoms with E-state index < -0.39 is 17.7 Å². The lowest BCUT2D eigenvalue weighted by Crippen LogP contribution is -2.32. The van der Waals surface area contributed by atoms with Crippen molar-refractivity contribution in [3.05, 3.63) is 56.7 Å². The monoisotopic (exact) mass is 428 g/mol. The molecule has 160 valence electrons. The zero-order valence-corrected chi connectivity index (χ0v) is 18.7. The second kappa shape index (κ2) is 9.43. The number of amides is 1. The number of unbranched alkanes of at least 4 members (excludes halogenated alkanes) is 2. The van der Waals surface area contributed by atoms with Crippen LogP contribution in [0, 0.1) is 13.8 Å². The Morgan fingerprint density at radius 2 is 2.03 bits per heavy atom. The minimum Gasteiger partial charge on any atom is -0.503 e. The number of aryl methyl sites for hydroxylation is 2. The molecule has 1 aromatic heterocycles. The van der Waals surface area contributed by atoms with Gasteiger partial charge >= 0.3 is 0 Å². The van der Waals surface area contributed by atoms with Gasteiger partial charge in [-0.15, -0.1) is 11.3 Å². The number of aromatic nitrogens is 1. The molecule has 1 amide bonds. The van der Waals surface area contributed by atoms with Crippen molar-refractivity contribution in [1.29, 1.82) is 0 Å². The van der Waals surface area contributed by atoms with Gasteiger partial charge < -0.3 is 14.7 Å². The van der Waals surface area contributed by atoms with Crippen molar-refractivity contribution in [2.75, 3.05) is 13.2 Å². The predicted octanol–water partition coefficient (Wildman–Crippen LogP) is 4.93. The normalized spacial score (nSPS) is 16.5. The van der Waals surface area contributed by atoms with Crippen LogP contribution in [0.2, 0.25) is 0 Å². The number of thiazole rings is 1. The fraction of sp³-hybridized carbons (Fsp3) is 0.435. The third-order valence-electron chi connectivity index (χ3n) is 5.15. The smallest absolute Gasteiger partial charge is 0.290 e. The van der Waals surface area contributed by atoms with Gasteiger partial charge in [-0.05, 0) is 44.9 Å². The molecule has 1 aliphatic rings. The number of rotatable bonds is 9. The van der Waals surface area contributed by atoms with Crippen molar-refractivity contribution in [2.45, 2.75) is 53.0 Å². The molecule has 2 aromatic rings. The Morgan fingerprint density at radius 1 is 1.27 bits per heavy atom. The quantitative estimate of drug-likeness (QED) is 0.453. The second-order valence-corrected chi connectivity index (χ2v) is 8.56. The van der Waals surface area contributed by atoms with Crippen LogP contribution in [0.5, 0.6) is 5.75 Å². The van der Waals surface area contributed by atoms with Gasteiger partial charge in [-0.2, -0.15) is 0 Å². The highest BCUT2D eigenvalue weighted by Crippen LogP contribution is 2.41. The Bertz CT molecular complexity index is 979. The third kappa shape index (κ3) is 4.26. The minimum atomic E-state index is -0.649. The Morgan fingerprint density at radius 3 is 2.67 bits per heavy atom. The van der Waals surface area contributed by atoms with Crippen LogP contribution in [0.25, 0.3) is 0 Å². The number of aliphatic hydroxyl groups excluding tert-OH is 1. The van der Waals surface area contributed by atoms with Crippen molar-refractivity contribution in [2.24, 2.45) is 0 Å². The Hall–Kier alpha value is -2.67.